The number of benzene rings is 3. The summed E-state index contributed by atoms with van der Waals surface area (Å²) in [5.41, 5.74) is 2.16. The van der Waals surface area contributed by atoms with Gasteiger partial charge in [-0.25, -0.2) is 9.79 Å². The molecule has 0 aliphatic carbocycles. The van der Waals surface area contributed by atoms with E-state index in [1.807, 2.05) is 59.0 Å². The van der Waals surface area contributed by atoms with E-state index in [9.17, 15) is 14.7 Å². The summed E-state index contributed by atoms with van der Waals surface area (Å²) in [4.78, 5) is 32.9. The second-order valence-electron chi connectivity index (χ2n) is 8.87. The van der Waals surface area contributed by atoms with Crippen molar-refractivity contribution in [2.75, 3.05) is 13.4 Å². The van der Waals surface area contributed by atoms with Gasteiger partial charge in [0.1, 0.15) is 5.75 Å². The molecular formula is C29H20BrIN2O6S. The van der Waals surface area contributed by atoms with Crippen molar-refractivity contribution in [1.29, 1.82) is 0 Å². The Bertz CT molecular complexity index is 1880. The lowest BCUT2D eigenvalue weighted by atomic mass is 9.93. The first-order valence-electron chi connectivity index (χ1n) is 12.2. The molecule has 2 aliphatic heterocycles. The van der Waals surface area contributed by atoms with Gasteiger partial charge in [-0.05, 0) is 65.4 Å². The summed E-state index contributed by atoms with van der Waals surface area (Å²) in [6.07, 6.45) is 1.64. The van der Waals surface area contributed by atoms with Gasteiger partial charge < -0.3 is 19.3 Å². The van der Waals surface area contributed by atoms with Gasteiger partial charge in [-0.2, -0.15) is 0 Å². The van der Waals surface area contributed by atoms with Crippen LogP contribution in [0.4, 0.5) is 0 Å². The van der Waals surface area contributed by atoms with E-state index >= 15 is 0 Å². The number of nitrogens with zero attached hydrogens (tertiary/aromatic N) is 2. The zero-order chi connectivity index (χ0) is 28.0. The third kappa shape index (κ3) is 4.75. The number of carbonyl (C=O) groups is 1. The number of halogens is 2. The normalized spacial score (nSPS) is 16.1. The molecule has 3 aromatic carbocycles. The number of aromatic nitrogens is 1. The second kappa shape index (κ2) is 10.9. The molecule has 4 aromatic rings. The van der Waals surface area contributed by atoms with E-state index in [-0.39, 0.29) is 30.3 Å². The molecule has 0 saturated carbocycles. The van der Waals surface area contributed by atoms with E-state index < -0.39 is 12.0 Å². The van der Waals surface area contributed by atoms with Crippen molar-refractivity contribution in [3.63, 3.8) is 0 Å². The number of ether oxygens (including phenoxy) is 3. The number of esters is 1. The molecule has 40 heavy (non-hydrogen) atoms. The third-order valence-electron chi connectivity index (χ3n) is 6.43. The van der Waals surface area contributed by atoms with Crippen molar-refractivity contribution in [2.45, 2.75) is 13.0 Å². The summed E-state index contributed by atoms with van der Waals surface area (Å²) in [5.74, 6) is 0.607. The van der Waals surface area contributed by atoms with Gasteiger partial charge in [-0.15, -0.1) is 0 Å². The van der Waals surface area contributed by atoms with Gasteiger partial charge in [0.15, 0.2) is 16.3 Å². The molecule has 0 bridgehead atoms. The maximum Gasteiger partial charge on any atom is 0.338 e. The zero-order valence-corrected chi connectivity index (χ0v) is 25.4. The third-order valence-corrected chi connectivity index (χ3v) is 8.69. The fourth-order valence-corrected chi connectivity index (χ4v) is 7.22. The molecule has 0 unspecified atom stereocenters. The van der Waals surface area contributed by atoms with E-state index in [0.717, 1.165) is 4.47 Å². The molecular weight excluding hydrogens is 711 g/mol. The molecule has 0 fully saturated rings. The van der Waals surface area contributed by atoms with Crippen LogP contribution in [0.5, 0.6) is 17.2 Å². The van der Waals surface area contributed by atoms with Crippen molar-refractivity contribution in [1.82, 2.24) is 4.57 Å². The minimum atomic E-state index is -0.849. The van der Waals surface area contributed by atoms with Crippen LogP contribution in [-0.2, 0) is 9.53 Å². The standard InChI is InChI=1S/C29H20BrIN2O6S/c1-2-37-28(36)23-24(15-6-4-3-5-7-15)32-29-33(25(23)16-8-9-20-21(11-16)39-14-38-20)27(35)22(40-29)12-17-10-18(30)13-19(31)26(17)34/h3-13,25,34H,2,14H2,1H3/b22-12+/t25-/m0/s1. The fourth-order valence-electron chi connectivity index (χ4n) is 4.68. The van der Waals surface area contributed by atoms with E-state index in [4.69, 9.17) is 19.2 Å². The van der Waals surface area contributed by atoms with Crippen molar-refractivity contribution in [2.24, 2.45) is 4.99 Å². The molecule has 202 valence electrons. The lowest BCUT2D eigenvalue weighted by Gasteiger charge is -2.26. The number of carbonyl (C=O) groups excluding carboxylic acids is 1. The second-order valence-corrected chi connectivity index (χ2v) is 12.0. The number of aromatic hydroxyl groups is 1. The van der Waals surface area contributed by atoms with Crippen LogP contribution in [0.3, 0.4) is 0 Å². The lowest BCUT2D eigenvalue weighted by molar-refractivity contribution is -0.138. The van der Waals surface area contributed by atoms with Crippen LogP contribution in [0, 0.1) is 3.57 Å². The number of phenolic OH excluding ortho intramolecular Hbond substituents is 1. The fraction of sp³-hybridized carbons (Fsp3) is 0.138. The molecule has 2 aliphatic rings. The van der Waals surface area contributed by atoms with Crippen LogP contribution in [-0.4, -0.2) is 29.0 Å². The maximum atomic E-state index is 14.0. The topological polar surface area (TPSA) is 99.4 Å². The quantitative estimate of drug-likeness (QED) is 0.236. The molecule has 0 amide bonds. The first kappa shape index (κ1) is 26.8. The summed E-state index contributed by atoms with van der Waals surface area (Å²) >= 11 is 6.68. The highest BCUT2D eigenvalue weighted by Gasteiger charge is 2.36. The average Bonchev–Trinajstić information content (AvgIpc) is 3.54. The monoisotopic (exact) mass is 730 g/mol. The van der Waals surface area contributed by atoms with Crippen molar-refractivity contribution < 1.29 is 24.1 Å². The molecule has 0 radical (unpaired) electrons. The van der Waals surface area contributed by atoms with Gasteiger partial charge in [-0.1, -0.05) is 63.7 Å². The summed E-state index contributed by atoms with van der Waals surface area (Å²) in [5, 5.41) is 10.7. The molecule has 1 aromatic heterocycles. The first-order chi connectivity index (χ1) is 19.4. The Morgan fingerprint density at radius 1 is 1.20 bits per heavy atom. The number of phenols is 1. The highest BCUT2D eigenvalue weighted by Crippen LogP contribution is 2.40. The molecule has 1 atom stereocenters. The Hall–Kier alpha value is -3.42. The zero-order valence-electron chi connectivity index (χ0n) is 20.9. The van der Waals surface area contributed by atoms with Gasteiger partial charge in [0.2, 0.25) is 6.79 Å². The molecule has 3 heterocycles. The molecule has 8 nitrogen and oxygen atoms in total. The minimum absolute atomic E-state index is 0.0687. The highest BCUT2D eigenvalue weighted by molar-refractivity contribution is 14.1. The van der Waals surface area contributed by atoms with Crippen LogP contribution in [0.15, 0.2) is 80.5 Å². The molecule has 1 N–H and O–H groups in total. The van der Waals surface area contributed by atoms with Gasteiger partial charge in [0.25, 0.3) is 5.56 Å². The molecule has 0 saturated heterocycles. The van der Waals surface area contributed by atoms with E-state index in [1.54, 1.807) is 37.3 Å². The van der Waals surface area contributed by atoms with E-state index in [1.165, 1.54) is 15.9 Å². The Morgan fingerprint density at radius 2 is 1.98 bits per heavy atom. The van der Waals surface area contributed by atoms with E-state index in [2.05, 4.69) is 15.9 Å². The van der Waals surface area contributed by atoms with Crippen LogP contribution < -0.4 is 24.4 Å². The number of rotatable bonds is 5. The Labute approximate surface area is 254 Å². The van der Waals surface area contributed by atoms with Crippen LogP contribution in [0.1, 0.15) is 29.7 Å². The molecule has 6 rings (SSSR count). The lowest BCUT2D eigenvalue weighted by Crippen LogP contribution is -2.40. The molecule has 11 heteroatoms. The average molecular weight is 731 g/mol. The van der Waals surface area contributed by atoms with Crippen LogP contribution in [0.2, 0.25) is 0 Å². The Morgan fingerprint density at radius 3 is 2.75 bits per heavy atom. The number of thiazole rings is 1. The van der Waals surface area contributed by atoms with E-state index in [0.29, 0.717) is 46.8 Å². The Kier molecular flexibility index (Phi) is 7.27. The van der Waals surface area contributed by atoms with Crippen LogP contribution >= 0.6 is 49.9 Å². The Balaban J connectivity index is 1.66. The minimum Gasteiger partial charge on any atom is -0.506 e. The van der Waals surface area contributed by atoms with Gasteiger partial charge in [-0.3, -0.25) is 9.36 Å². The van der Waals surface area contributed by atoms with Crippen LogP contribution in [0.25, 0.3) is 11.8 Å². The first-order valence-corrected chi connectivity index (χ1v) is 14.9. The smallest absolute Gasteiger partial charge is 0.338 e. The molecule has 0 spiro atoms. The van der Waals surface area contributed by atoms with Gasteiger partial charge in [0.05, 0.1) is 32.0 Å². The summed E-state index contributed by atoms with van der Waals surface area (Å²) in [6, 6.07) is 17.4. The van der Waals surface area contributed by atoms with Gasteiger partial charge in [0, 0.05) is 15.6 Å². The number of hydrogen-bond donors (Lipinski definition) is 1. The van der Waals surface area contributed by atoms with Gasteiger partial charge >= 0.3 is 5.97 Å². The summed E-state index contributed by atoms with van der Waals surface area (Å²) in [6.45, 7) is 1.98. The number of fused-ring (bicyclic) bond motifs is 2. The van der Waals surface area contributed by atoms with Crippen molar-refractivity contribution in [3.8, 4) is 17.2 Å². The highest BCUT2D eigenvalue weighted by atomic mass is 127. The maximum absolute atomic E-state index is 14.0. The predicted molar refractivity (Wildman–Crippen MR) is 162 cm³/mol. The summed E-state index contributed by atoms with van der Waals surface area (Å²) < 4.78 is 19.9. The predicted octanol–water partition coefficient (Wildman–Crippen LogP) is 4.74. The number of hydrogen-bond acceptors (Lipinski definition) is 8. The SMILES string of the molecule is CCOC(=O)C1=C(c2ccccc2)N=c2s/c(=C/c3cc(Br)cc(I)c3O)c(=O)n2[C@H]1c1ccc2c(c1)OCO2. The largest absolute Gasteiger partial charge is 0.506 e. The summed E-state index contributed by atoms with van der Waals surface area (Å²) in [7, 11) is 0. The van der Waals surface area contributed by atoms with Crippen molar-refractivity contribution in [3.05, 3.63) is 111 Å². The van der Waals surface area contributed by atoms with Crippen molar-refractivity contribution >= 4 is 67.6 Å².